The molecule has 0 saturated carbocycles. The van der Waals surface area contributed by atoms with Gasteiger partial charge in [-0.3, -0.25) is 0 Å². The average Bonchev–Trinajstić information content (AvgIpc) is 3.98. The largest absolute Gasteiger partial charge is 0.416 e. The van der Waals surface area contributed by atoms with Crippen molar-refractivity contribution < 1.29 is 13.2 Å². The second-order valence-corrected chi connectivity index (χ2v) is 19.3. The molecule has 0 fully saturated rings. The number of nitriles is 1. The molecule has 0 spiro atoms. The van der Waals surface area contributed by atoms with Gasteiger partial charge < -0.3 is 9.13 Å². The molecule has 0 N–H and O–H groups in total. The first kappa shape index (κ1) is 47.5. The van der Waals surface area contributed by atoms with Crippen LogP contribution in [0.2, 0.25) is 0 Å². The lowest BCUT2D eigenvalue weighted by molar-refractivity contribution is -0.137. The molecule has 0 aliphatic rings. The Labute approximate surface area is 455 Å². The lowest BCUT2D eigenvalue weighted by Crippen LogP contribution is -2.07. The molecule has 10 aromatic carbocycles. The monoisotopic (exact) mass is 1040 g/mol. The lowest BCUT2D eigenvalue weighted by Gasteiger charge is -2.21. The predicted molar refractivity (Wildman–Crippen MR) is 310 cm³/mol. The van der Waals surface area contributed by atoms with E-state index >= 15 is 13.2 Å². The first-order chi connectivity index (χ1) is 39.2. The topological polar surface area (TPSA) is 111 Å². The standard InChI is InChI=1S/C68H40F3N9/c69-68(70,71)50-27-17-26-47(38-50)61-59(79-55-30-15-13-28-51(55)53-34-32-48(39-57(53)79)66-75-62(43-18-5-1-6-19-43)73-63(76-66)44-20-7-2-8-21-44)36-42(41-72)37-60(61)80-56-31-16-14-29-52(56)54-35-33-49(40-58(54)80)67-77-64(45-22-9-3-10-23-45)74-65(78-67)46-24-11-4-12-25-46/h1-40H. The Morgan fingerprint density at radius 3 is 1.02 bits per heavy atom. The van der Waals surface area contributed by atoms with Crippen LogP contribution in [0.5, 0.6) is 0 Å². The molecule has 0 radical (unpaired) electrons. The molecule has 14 aromatic rings. The van der Waals surface area contributed by atoms with Crippen molar-refractivity contribution in [2.24, 2.45) is 0 Å². The highest BCUT2D eigenvalue weighted by Gasteiger charge is 2.32. The highest BCUT2D eigenvalue weighted by atomic mass is 19.4. The number of nitrogens with zero attached hydrogens (tertiary/aromatic N) is 9. The number of hydrogen-bond acceptors (Lipinski definition) is 7. The minimum Gasteiger partial charge on any atom is -0.308 e. The number of halogens is 3. The molecule has 9 nitrogen and oxygen atoms in total. The Morgan fingerprint density at radius 2 is 0.650 bits per heavy atom. The van der Waals surface area contributed by atoms with Crippen LogP contribution in [0.15, 0.2) is 243 Å². The first-order valence-electron chi connectivity index (χ1n) is 25.8. The van der Waals surface area contributed by atoms with E-state index < -0.39 is 11.7 Å². The van der Waals surface area contributed by atoms with E-state index in [-0.39, 0.29) is 11.1 Å². The molecule has 0 atom stereocenters. The summed E-state index contributed by atoms with van der Waals surface area (Å²) in [7, 11) is 0. The molecule has 0 aliphatic heterocycles. The summed E-state index contributed by atoms with van der Waals surface area (Å²) in [5.41, 5.74) is 8.72. The Hall–Kier alpha value is -10.9. The highest BCUT2D eigenvalue weighted by Crippen LogP contribution is 2.45. The maximum absolute atomic E-state index is 15.1. The van der Waals surface area contributed by atoms with Crippen molar-refractivity contribution in [2.45, 2.75) is 6.18 Å². The third-order valence-electron chi connectivity index (χ3n) is 14.4. The maximum Gasteiger partial charge on any atom is 0.416 e. The number of hydrogen-bond donors (Lipinski definition) is 0. The summed E-state index contributed by atoms with van der Waals surface area (Å²) in [5, 5.41) is 14.7. The third kappa shape index (κ3) is 8.37. The zero-order valence-electron chi connectivity index (χ0n) is 42.3. The quantitative estimate of drug-likeness (QED) is 0.142. The van der Waals surface area contributed by atoms with Crippen molar-refractivity contribution in [3.63, 3.8) is 0 Å². The van der Waals surface area contributed by atoms with Gasteiger partial charge in [0.05, 0.1) is 50.6 Å². The Balaban J connectivity index is 1.06. The first-order valence-corrected chi connectivity index (χ1v) is 25.8. The van der Waals surface area contributed by atoms with Crippen LogP contribution >= 0.6 is 0 Å². The zero-order valence-corrected chi connectivity index (χ0v) is 42.3. The Kier molecular flexibility index (Phi) is 11.5. The number of para-hydroxylation sites is 2. The zero-order chi connectivity index (χ0) is 53.9. The van der Waals surface area contributed by atoms with Gasteiger partial charge >= 0.3 is 6.18 Å². The molecule has 4 heterocycles. The van der Waals surface area contributed by atoms with E-state index in [1.165, 1.54) is 12.1 Å². The van der Waals surface area contributed by atoms with Crippen molar-refractivity contribution in [3.8, 4) is 96.9 Å². The van der Waals surface area contributed by atoms with Crippen LogP contribution < -0.4 is 0 Å². The fourth-order valence-corrected chi connectivity index (χ4v) is 10.8. The van der Waals surface area contributed by atoms with Gasteiger partial charge in [0, 0.05) is 60.5 Å². The van der Waals surface area contributed by atoms with Crippen molar-refractivity contribution in [2.75, 3.05) is 0 Å². The molecule has 4 aromatic heterocycles. The SMILES string of the molecule is N#Cc1cc(-n2c3ccccc3c3ccc(-c4nc(-c5ccccc5)nc(-c5ccccc5)n4)cc32)c(-c2cccc(C(F)(F)F)c2)c(-n2c3ccccc3c3ccc(-c4nc(-c5ccccc5)nc(-c5ccccc5)n4)cc32)c1. The van der Waals surface area contributed by atoms with Crippen molar-refractivity contribution >= 4 is 43.6 Å². The number of fused-ring (bicyclic) bond motifs is 6. The molecule has 80 heavy (non-hydrogen) atoms. The molecule has 0 bridgehead atoms. The lowest BCUT2D eigenvalue weighted by atomic mass is 9.96. The summed E-state index contributed by atoms with van der Waals surface area (Å²) in [4.78, 5) is 30.1. The molecular weight excluding hydrogens is 1000 g/mol. The van der Waals surface area contributed by atoms with Crippen LogP contribution in [0.3, 0.4) is 0 Å². The molecule has 0 unspecified atom stereocenters. The van der Waals surface area contributed by atoms with Gasteiger partial charge in [-0.15, -0.1) is 0 Å². The number of alkyl halides is 3. The van der Waals surface area contributed by atoms with Gasteiger partial charge in [-0.25, -0.2) is 29.9 Å². The van der Waals surface area contributed by atoms with Crippen molar-refractivity contribution in [3.05, 3.63) is 254 Å². The molecule has 14 rings (SSSR count). The highest BCUT2D eigenvalue weighted by molar-refractivity contribution is 6.13. The van der Waals surface area contributed by atoms with Gasteiger partial charge in [0.25, 0.3) is 0 Å². The van der Waals surface area contributed by atoms with Crippen LogP contribution in [0.1, 0.15) is 11.1 Å². The number of rotatable bonds is 9. The summed E-state index contributed by atoms with van der Waals surface area (Å²) in [6.07, 6.45) is -4.67. The van der Waals surface area contributed by atoms with Crippen LogP contribution in [0.25, 0.3) is 134 Å². The summed E-state index contributed by atoms with van der Waals surface area (Å²) < 4.78 is 49.3. The van der Waals surface area contributed by atoms with Crippen LogP contribution in [0, 0.1) is 11.3 Å². The van der Waals surface area contributed by atoms with E-state index in [0.29, 0.717) is 74.0 Å². The van der Waals surface area contributed by atoms with E-state index in [0.717, 1.165) is 60.9 Å². The molecule has 12 heteroatoms. The molecule has 0 aliphatic carbocycles. The van der Waals surface area contributed by atoms with Gasteiger partial charge in [-0.05, 0) is 54.1 Å². The molecule has 378 valence electrons. The van der Waals surface area contributed by atoms with Crippen LogP contribution in [-0.2, 0) is 6.18 Å². The molecule has 0 amide bonds. The minimum atomic E-state index is -4.67. The predicted octanol–water partition coefficient (Wildman–Crippen LogP) is 16.8. The summed E-state index contributed by atoms with van der Waals surface area (Å²) in [6.45, 7) is 0. The summed E-state index contributed by atoms with van der Waals surface area (Å²) >= 11 is 0. The second kappa shape index (κ2) is 19.3. The number of benzene rings is 10. The fraction of sp³-hybridized carbons (Fsp3) is 0.0147. The normalized spacial score (nSPS) is 11.7. The van der Waals surface area contributed by atoms with Gasteiger partial charge in [-0.1, -0.05) is 194 Å². The third-order valence-corrected chi connectivity index (χ3v) is 14.4. The van der Waals surface area contributed by atoms with Crippen molar-refractivity contribution in [1.82, 2.24) is 39.0 Å². The van der Waals surface area contributed by atoms with E-state index in [1.807, 2.05) is 215 Å². The Morgan fingerprint density at radius 1 is 0.312 bits per heavy atom. The summed E-state index contributed by atoms with van der Waals surface area (Å²) in [5.74, 6) is 2.81. The average molecular weight is 1040 g/mol. The smallest absolute Gasteiger partial charge is 0.308 e. The van der Waals surface area contributed by atoms with Crippen molar-refractivity contribution in [1.29, 1.82) is 5.26 Å². The fourth-order valence-electron chi connectivity index (χ4n) is 10.8. The summed E-state index contributed by atoms with van der Waals surface area (Å²) in [6, 6.07) is 78.2. The second-order valence-electron chi connectivity index (χ2n) is 19.3. The van der Waals surface area contributed by atoms with E-state index in [2.05, 4.69) is 6.07 Å². The van der Waals surface area contributed by atoms with Gasteiger partial charge in [0.2, 0.25) is 0 Å². The van der Waals surface area contributed by atoms with Gasteiger partial charge in [-0.2, -0.15) is 18.4 Å². The van der Waals surface area contributed by atoms with Gasteiger partial charge in [0.15, 0.2) is 34.9 Å². The van der Waals surface area contributed by atoms with E-state index in [1.54, 1.807) is 18.2 Å². The minimum absolute atomic E-state index is 0.282. The molecule has 0 saturated heterocycles. The Bertz CT molecular complexity index is 4380. The number of aromatic nitrogens is 8. The van der Waals surface area contributed by atoms with E-state index in [4.69, 9.17) is 29.9 Å². The maximum atomic E-state index is 15.1. The van der Waals surface area contributed by atoms with E-state index in [9.17, 15) is 5.26 Å². The molecular formula is C68H40F3N9. The van der Waals surface area contributed by atoms with Gasteiger partial charge in [0.1, 0.15) is 0 Å². The van der Waals surface area contributed by atoms with Crippen LogP contribution in [0.4, 0.5) is 13.2 Å². The van der Waals surface area contributed by atoms with Crippen LogP contribution in [-0.4, -0.2) is 39.0 Å².